The van der Waals surface area contributed by atoms with E-state index in [0.29, 0.717) is 12.5 Å². The zero-order valence-corrected chi connectivity index (χ0v) is 36.1. The molecule has 6 rings (SSSR count). The van der Waals surface area contributed by atoms with Gasteiger partial charge in [-0.2, -0.15) is 0 Å². The van der Waals surface area contributed by atoms with Gasteiger partial charge >= 0.3 is 6.09 Å². The molecular weight excluding hydrogens is 697 g/mol. The molecule has 288 valence electrons. The summed E-state index contributed by atoms with van der Waals surface area (Å²) in [7, 11) is 8.47. The Kier molecular flexibility index (Phi) is 12.6. The molecule has 2 aromatic heterocycles. The molecule has 0 spiro atoms. The van der Waals surface area contributed by atoms with Crippen molar-refractivity contribution in [3.63, 3.8) is 0 Å². The molecule has 0 saturated carbocycles. The Bertz CT molecular complexity index is 1960. The molecule has 4 heterocycles. The van der Waals surface area contributed by atoms with Crippen molar-refractivity contribution < 1.29 is 9.53 Å². The van der Waals surface area contributed by atoms with Crippen molar-refractivity contribution in [3.05, 3.63) is 63.6 Å². The number of nitrogens with zero attached hydrogens (tertiary/aromatic N) is 6. The quantitative estimate of drug-likeness (QED) is 0.178. The number of hydrogen-bond acceptors (Lipinski definition) is 9. The van der Waals surface area contributed by atoms with Crippen LogP contribution in [-0.2, 0) is 17.6 Å². The number of thiazole rings is 2. The maximum Gasteiger partial charge on any atom is 0.414 e. The van der Waals surface area contributed by atoms with Crippen molar-refractivity contribution in [2.45, 2.75) is 111 Å². The van der Waals surface area contributed by atoms with Gasteiger partial charge in [0.25, 0.3) is 0 Å². The second-order valence-corrected chi connectivity index (χ2v) is 20.0. The minimum atomic E-state index is -0.518. The largest absolute Gasteiger partial charge is 0.443 e. The van der Waals surface area contributed by atoms with Crippen LogP contribution >= 0.6 is 22.7 Å². The number of carbonyl (C=O) groups excluding carboxylic acids is 1. The molecule has 2 aliphatic rings. The summed E-state index contributed by atoms with van der Waals surface area (Å²) < 4.78 is 8.13. The first-order chi connectivity index (χ1) is 24.7. The average molecular weight is 759 g/mol. The maximum atomic E-state index is 12.9. The molecule has 4 aromatic rings. The van der Waals surface area contributed by atoms with Crippen LogP contribution in [0.15, 0.2) is 47.5 Å². The third kappa shape index (κ3) is 10.5. The van der Waals surface area contributed by atoms with E-state index in [1.54, 1.807) is 16.2 Å². The van der Waals surface area contributed by atoms with Gasteiger partial charge in [-0.05, 0) is 138 Å². The Balaban J connectivity index is 0.000000211. The summed E-state index contributed by atoms with van der Waals surface area (Å²) >= 11 is 3.57. The van der Waals surface area contributed by atoms with Gasteiger partial charge in [-0.3, -0.25) is 9.89 Å². The van der Waals surface area contributed by atoms with Crippen molar-refractivity contribution >= 4 is 60.6 Å². The molecule has 53 heavy (non-hydrogen) atoms. The van der Waals surface area contributed by atoms with E-state index in [1.807, 2.05) is 32.1 Å². The zero-order valence-electron chi connectivity index (χ0n) is 34.5. The highest BCUT2D eigenvalue weighted by Crippen LogP contribution is 2.34. The number of rotatable bonds is 8. The molecule has 0 aliphatic carbocycles. The Morgan fingerprint density at radius 3 is 1.83 bits per heavy atom. The second kappa shape index (κ2) is 16.3. The van der Waals surface area contributed by atoms with Crippen LogP contribution in [0.2, 0.25) is 0 Å². The number of amides is 1. The number of fused-ring (bicyclic) bond motifs is 2. The highest BCUT2D eigenvalue weighted by molar-refractivity contribution is 7.18. The number of aromatic nitrogens is 2. The van der Waals surface area contributed by atoms with Gasteiger partial charge in [-0.15, -0.1) is 22.7 Å². The van der Waals surface area contributed by atoms with Crippen LogP contribution in [0.4, 0.5) is 4.79 Å². The molecule has 10 heteroatoms. The summed E-state index contributed by atoms with van der Waals surface area (Å²) in [5.41, 5.74) is 6.23. The Labute approximate surface area is 326 Å². The lowest BCUT2D eigenvalue weighted by Gasteiger charge is -2.33. The van der Waals surface area contributed by atoms with E-state index in [-0.39, 0.29) is 17.2 Å². The SMILES string of the molecule is C[C@H]1CC=C(c2ccc3sc(CC(C)(C)N(C)C)nc3c2)N(C(=O)OC(C)(C)C)C1.C[C@H]1CCC(c2ccc3sc(CC(C)(C)N(C)C)nc3c2)=NC1. The van der Waals surface area contributed by atoms with Gasteiger partial charge in [0.2, 0.25) is 0 Å². The van der Waals surface area contributed by atoms with E-state index >= 15 is 0 Å². The molecular formula is C43H62N6O2S2. The van der Waals surface area contributed by atoms with Crippen LogP contribution in [0.3, 0.4) is 0 Å². The van der Waals surface area contributed by atoms with Gasteiger partial charge < -0.3 is 14.5 Å². The van der Waals surface area contributed by atoms with Crippen molar-refractivity contribution in [3.8, 4) is 0 Å². The molecule has 0 bridgehead atoms. The molecule has 0 radical (unpaired) electrons. The molecule has 0 fully saturated rings. The van der Waals surface area contributed by atoms with E-state index in [2.05, 4.69) is 122 Å². The summed E-state index contributed by atoms with van der Waals surface area (Å²) in [5.74, 6) is 1.13. The summed E-state index contributed by atoms with van der Waals surface area (Å²) in [6.07, 6.45) is 7.04. The fourth-order valence-electron chi connectivity index (χ4n) is 6.22. The molecule has 2 atom stereocenters. The van der Waals surface area contributed by atoms with Gasteiger partial charge in [-0.25, -0.2) is 14.8 Å². The monoisotopic (exact) mass is 758 g/mol. The summed E-state index contributed by atoms with van der Waals surface area (Å²) in [4.78, 5) is 33.7. The van der Waals surface area contributed by atoms with Crippen molar-refractivity contribution in [2.24, 2.45) is 16.8 Å². The van der Waals surface area contributed by atoms with Crippen LogP contribution in [0.5, 0.6) is 0 Å². The van der Waals surface area contributed by atoms with E-state index in [0.717, 1.165) is 65.4 Å². The van der Waals surface area contributed by atoms with Gasteiger partial charge in [0.05, 0.1) is 36.1 Å². The molecule has 1 amide bonds. The normalized spacial score (nSPS) is 18.7. The number of ether oxygens (including phenoxy) is 1. The number of carbonyl (C=O) groups is 1. The molecule has 0 saturated heterocycles. The van der Waals surface area contributed by atoms with Crippen molar-refractivity contribution in [1.29, 1.82) is 0 Å². The second-order valence-electron chi connectivity index (χ2n) is 17.8. The van der Waals surface area contributed by atoms with E-state index < -0.39 is 5.60 Å². The van der Waals surface area contributed by atoms with Crippen LogP contribution in [-0.4, -0.2) is 94.4 Å². The van der Waals surface area contributed by atoms with E-state index in [1.165, 1.54) is 32.1 Å². The minimum absolute atomic E-state index is 0.0479. The number of benzene rings is 2. The van der Waals surface area contributed by atoms with Crippen LogP contribution in [0, 0.1) is 11.8 Å². The summed E-state index contributed by atoms with van der Waals surface area (Å²) in [6.45, 7) is 20.8. The summed E-state index contributed by atoms with van der Waals surface area (Å²) in [5, 5.41) is 2.35. The standard InChI is InChI=1S/C24H35N3O2S.C19H27N3S/c1-16-9-11-19(27(15-16)22(28)29-23(2,3)4)17-10-12-20-18(13-17)25-21(30-20)14-24(5,6)26(7)8;1-13-6-8-15(20-12-13)14-7-9-17-16(10-14)21-18(23-17)11-19(2,3)22(4)5/h10-13,16H,9,14-15H2,1-8H3;7,9-10,13H,6,8,11-12H2,1-5H3/t16-;13-/m00/s1. The third-order valence-electron chi connectivity index (χ3n) is 10.7. The Morgan fingerprint density at radius 2 is 1.34 bits per heavy atom. The lowest BCUT2D eigenvalue weighted by Crippen LogP contribution is -2.40. The molecule has 8 nitrogen and oxygen atoms in total. The predicted molar refractivity (Wildman–Crippen MR) is 227 cm³/mol. The first kappa shape index (κ1) is 41.0. The summed E-state index contributed by atoms with van der Waals surface area (Å²) in [6, 6.07) is 13.0. The fraction of sp³-hybridized carbons (Fsp3) is 0.581. The van der Waals surface area contributed by atoms with Gasteiger partial charge in [0, 0.05) is 48.3 Å². The highest BCUT2D eigenvalue weighted by Gasteiger charge is 2.30. The molecule has 2 aliphatic heterocycles. The minimum Gasteiger partial charge on any atom is -0.443 e. The van der Waals surface area contributed by atoms with Crippen LogP contribution in [0.25, 0.3) is 26.1 Å². The number of aliphatic imine (C=N–C) groups is 1. The first-order valence-electron chi connectivity index (χ1n) is 19.1. The highest BCUT2D eigenvalue weighted by atomic mass is 32.1. The average Bonchev–Trinajstić information content (AvgIpc) is 3.65. The van der Waals surface area contributed by atoms with Crippen LogP contribution in [0.1, 0.15) is 103 Å². The smallest absolute Gasteiger partial charge is 0.414 e. The Hall–Kier alpha value is -3.18. The van der Waals surface area contributed by atoms with Gasteiger partial charge in [0.1, 0.15) is 5.60 Å². The van der Waals surface area contributed by atoms with E-state index in [4.69, 9.17) is 19.7 Å². The fourth-order valence-corrected chi connectivity index (χ4v) is 8.56. The number of hydrogen-bond donors (Lipinski definition) is 0. The lowest BCUT2D eigenvalue weighted by molar-refractivity contribution is 0.0327. The number of likely N-dealkylation sites (N-methyl/N-ethyl adjacent to an activating group) is 2. The van der Waals surface area contributed by atoms with Crippen molar-refractivity contribution in [2.75, 3.05) is 41.3 Å². The Morgan fingerprint density at radius 1 is 0.811 bits per heavy atom. The molecule has 2 aromatic carbocycles. The topological polar surface area (TPSA) is 74.2 Å². The zero-order chi connectivity index (χ0) is 38.9. The van der Waals surface area contributed by atoms with Crippen LogP contribution < -0.4 is 0 Å². The first-order valence-corrected chi connectivity index (χ1v) is 20.7. The predicted octanol–water partition coefficient (Wildman–Crippen LogP) is 10.2. The molecule has 0 unspecified atom stereocenters. The number of allylic oxidation sites excluding steroid dienone is 1. The van der Waals surface area contributed by atoms with E-state index in [9.17, 15) is 4.79 Å². The van der Waals surface area contributed by atoms with Crippen molar-refractivity contribution in [1.82, 2.24) is 24.7 Å². The lowest BCUT2D eigenvalue weighted by atomic mass is 9.96. The maximum absolute atomic E-state index is 12.9. The molecule has 0 N–H and O–H groups in total. The van der Waals surface area contributed by atoms with Gasteiger partial charge in [-0.1, -0.05) is 32.1 Å². The van der Waals surface area contributed by atoms with Gasteiger partial charge in [0.15, 0.2) is 0 Å². The third-order valence-corrected chi connectivity index (χ3v) is 12.7.